The Bertz CT molecular complexity index is 435. The van der Waals surface area contributed by atoms with Crippen molar-refractivity contribution in [1.82, 2.24) is 9.55 Å². The van der Waals surface area contributed by atoms with Crippen LogP contribution in [0, 0.1) is 0 Å². The number of aliphatic hydroxyl groups excluding tert-OH is 2. The summed E-state index contributed by atoms with van der Waals surface area (Å²) < 4.78 is 18.4. The second-order valence-corrected chi connectivity index (χ2v) is 5.39. The molecule has 1 aromatic rings. The second kappa shape index (κ2) is 4.53. The van der Waals surface area contributed by atoms with E-state index in [1.54, 1.807) is 37.1 Å². The van der Waals surface area contributed by atoms with E-state index in [0.29, 0.717) is 6.54 Å². The Morgan fingerprint density at radius 2 is 2.21 bits per heavy atom. The van der Waals surface area contributed by atoms with Crippen molar-refractivity contribution >= 4 is 0 Å². The summed E-state index contributed by atoms with van der Waals surface area (Å²) in [4.78, 5) is 3.90. The lowest BCUT2D eigenvalue weighted by Gasteiger charge is -2.25. The van der Waals surface area contributed by atoms with Crippen LogP contribution in [0.5, 0.6) is 0 Å². The number of hydrogen-bond donors (Lipinski definition) is 2. The predicted molar refractivity (Wildman–Crippen MR) is 62.9 cm³/mol. The highest BCUT2D eigenvalue weighted by atomic mass is 16.8. The normalized spacial score (nSPS) is 38.3. The molecule has 0 aromatic carbocycles. The molecule has 3 rings (SSSR count). The van der Waals surface area contributed by atoms with Gasteiger partial charge in [-0.25, -0.2) is 4.98 Å². The number of aliphatic hydroxyl groups is 2. The highest BCUT2D eigenvalue weighted by Crippen LogP contribution is 2.38. The summed E-state index contributed by atoms with van der Waals surface area (Å²) in [5, 5.41) is 20.3. The summed E-state index contributed by atoms with van der Waals surface area (Å²) in [6.45, 7) is 3.82. The number of imidazole rings is 1. The van der Waals surface area contributed by atoms with Crippen LogP contribution >= 0.6 is 0 Å². The van der Waals surface area contributed by atoms with Crippen LogP contribution in [0.25, 0.3) is 0 Å². The van der Waals surface area contributed by atoms with Gasteiger partial charge in [-0.05, 0) is 13.8 Å². The van der Waals surface area contributed by atoms with Gasteiger partial charge in [-0.3, -0.25) is 0 Å². The van der Waals surface area contributed by atoms with Gasteiger partial charge in [0.15, 0.2) is 12.1 Å². The zero-order chi connectivity index (χ0) is 13.6. The average molecular weight is 270 g/mol. The molecule has 0 amide bonds. The third-order valence-corrected chi connectivity index (χ3v) is 3.39. The molecule has 19 heavy (non-hydrogen) atoms. The first-order valence-corrected chi connectivity index (χ1v) is 6.29. The Morgan fingerprint density at radius 3 is 2.84 bits per heavy atom. The third-order valence-electron chi connectivity index (χ3n) is 3.39. The van der Waals surface area contributed by atoms with Crippen molar-refractivity contribution in [2.45, 2.75) is 56.9 Å². The van der Waals surface area contributed by atoms with E-state index < -0.39 is 36.5 Å². The van der Waals surface area contributed by atoms with E-state index in [1.807, 2.05) is 0 Å². The minimum atomic E-state index is -0.912. The highest BCUT2D eigenvalue weighted by molar-refractivity contribution is 4.96. The van der Waals surface area contributed by atoms with Crippen molar-refractivity contribution < 1.29 is 24.4 Å². The first-order valence-electron chi connectivity index (χ1n) is 6.29. The first-order chi connectivity index (χ1) is 8.96. The molecule has 0 aliphatic carbocycles. The summed E-state index contributed by atoms with van der Waals surface area (Å²) in [7, 11) is 0. The van der Waals surface area contributed by atoms with Gasteiger partial charge in [-0.15, -0.1) is 0 Å². The van der Waals surface area contributed by atoms with Crippen LogP contribution in [0.2, 0.25) is 0 Å². The Hall–Kier alpha value is -0.990. The van der Waals surface area contributed by atoms with Crippen LogP contribution in [0.4, 0.5) is 0 Å². The van der Waals surface area contributed by atoms with Crippen LogP contribution in [0.3, 0.4) is 0 Å². The maximum absolute atomic E-state index is 10.2. The molecule has 0 unspecified atom stereocenters. The molecule has 106 valence electrons. The SMILES string of the molecule is CC1(C)O[C@H]2O[C@H]([C@H](O)Cn3ccnc3)[C@H](O)[C@H]2O1. The van der Waals surface area contributed by atoms with Crippen molar-refractivity contribution in [3.05, 3.63) is 18.7 Å². The van der Waals surface area contributed by atoms with Gasteiger partial charge < -0.3 is 29.0 Å². The Morgan fingerprint density at radius 1 is 1.42 bits per heavy atom. The lowest BCUT2D eigenvalue weighted by atomic mass is 10.1. The molecule has 2 aliphatic rings. The molecule has 7 nitrogen and oxygen atoms in total. The monoisotopic (exact) mass is 270 g/mol. The molecule has 0 radical (unpaired) electrons. The van der Waals surface area contributed by atoms with Crippen LogP contribution in [-0.4, -0.2) is 56.3 Å². The zero-order valence-corrected chi connectivity index (χ0v) is 10.8. The highest BCUT2D eigenvalue weighted by Gasteiger charge is 2.55. The lowest BCUT2D eigenvalue weighted by Crippen LogP contribution is -2.42. The summed E-state index contributed by atoms with van der Waals surface area (Å²) in [5.41, 5.74) is 0. The van der Waals surface area contributed by atoms with Crippen molar-refractivity contribution in [3.8, 4) is 0 Å². The van der Waals surface area contributed by atoms with Gasteiger partial charge >= 0.3 is 0 Å². The summed E-state index contributed by atoms with van der Waals surface area (Å²) in [6.07, 6.45) is 1.28. The largest absolute Gasteiger partial charge is 0.388 e. The molecule has 2 saturated heterocycles. The van der Waals surface area contributed by atoms with Crippen molar-refractivity contribution in [1.29, 1.82) is 0 Å². The minimum absolute atomic E-state index is 0.296. The molecule has 3 heterocycles. The molecule has 2 N–H and O–H groups in total. The zero-order valence-electron chi connectivity index (χ0n) is 10.8. The Labute approximate surface area is 110 Å². The quantitative estimate of drug-likeness (QED) is 0.769. The summed E-state index contributed by atoms with van der Waals surface area (Å²) in [5.74, 6) is -0.767. The molecule has 0 bridgehead atoms. The number of hydrogen-bond acceptors (Lipinski definition) is 6. The maximum Gasteiger partial charge on any atom is 0.190 e. The molecule has 5 atom stereocenters. The van der Waals surface area contributed by atoms with E-state index >= 15 is 0 Å². The van der Waals surface area contributed by atoms with E-state index in [9.17, 15) is 10.2 Å². The standard InChI is InChI=1S/C12H18N2O5/c1-12(2)18-10-8(16)9(17-11(10)19-12)7(15)5-14-4-3-13-6-14/h3-4,6-11,15-16H,5H2,1-2H3/t7-,8+,9-,10-,11-/m1/s1. The Kier molecular flexibility index (Phi) is 3.11. The van der Waals surface area contributed by atoms with Gasteiger partial charge in [0.05, 0.1) is 12.9 Å². The van der Waals surface area contributed by atoms with Crippen LogP contribution in [0.1, 0.15) is 13.8 Å². The maximum atomic E-state index is 10.2. The van der Waals surface area contributed by atoms with Crippen LogP contribution < -0.4 is 0 Å². The molecular weight excluding hydrogens is 252 g/mol. The van der Waals surface area contributed by atoms with E-state index in [0.717, 1.165) is 0 Å². The molecule has 1 aromatic heterocycles. The molecule has 2 fully saturated rings. The third kappa shape index (κ3) is 2.39. The fourth-order valence-corrected chi connectivity index (χ4v) is 2.55. The number of rotatable bonds is 3. The van der Waals surface area contributed by atoms with Gasteiger partial charge in [0.25, 0.3) is 0 Å². The predicted octanol–water partition coefficient (Wildman–Crippen LogP) is -0.519. The van der Waals surface area contributed by atoms with Crippen LogP contribution in [-0.2, 0) is 20.8 Å². The van der Waals surface area contributed by atoms with E-state index in [-0.39, 0.29) is 0 Å². The minimum Gasteiger partial charge on any atom is -0.388 e. The smallest absolute Gasteiger partial charge is 0.190 e. The van der Waals surface area contributed by atoms with Gasteiger partial charge in [0.2, 0.25) is 0 Å². The summed E-state index contributed by atoms with van der Waals surface area (Å²) >= 11 is 0. The number of ether oxygens (including phenoxy) is 3. The molecule has 0 saturated carbocycles. The fourth-order valence-electron chi connectivity index (χ4n) is 2.55. The fraction of sp³-hybridized carbons (Fsp3) is 0.750. The van der Waals surface area contributed by atoms with Crippen molar-refractivity contribution in [2.75, 3.05) is 0 Å². The van der Waals surface area contributed by atoms with Gasteiger partial charge in [0, 0.05) is 12.4 Å². The molecule has 7 heteroatoms. The van der Waals surface area contributed by atoms with Gasteiger partial charge in [-0.2, -0.15) is 0 Å². The topological polar surface area (TPSA) is 86.0 Å². The molecule has 2 aliphatic heterocycles. The van der Waals surface area contributed by atoms with E-state index in [4.69, 9.17) is 14.2 Å². The van der Waals surface area contributed by atoms with Crippen molar-refractivity contribution in [2.24, 2.45) is 0 Å². The Balaban J connectivity index is 1.65. The lowest BCUT2D eigenvalue weighted by molar-refractivity contribution is -0.226. The van der Waals surface area contributed by atoms with Crippen molar-refractivity contribution in [3.63, 3.8) is 0 Å². The van der Waals surface area contributed by atoms with Gasteiger partial charge in [-0.1, -0.05) is 0 Å². The van der Waals surface area contributed by atoms with Crippen LogP contribution in [0.15, 0.2) is 18.7 Å². The number of fused-ring (bicyclic) bond motifs is 1. The molecule has 0 spiro atoms. The summed E-state index contributed by atoms with van der Waals surface area (Å²) in [6, 6.07) is 0. The van der Waals surface area contributed by atoms with E-state index in [1.165, 1.54) is 0 Å². The number of nitrogens with zero attached hydrogens (tertiary/aromatic N) is 2. The number of aromatic nitrogens is 2. The average Bonchev–Trinajstić information content (AvgIpc) is 2.97. The van der Waals surface area contributed by atoms with Gasteiger partial charge in [0.1, 0.15) is 24.4 Å². The first kappa shape index (κ1) is 13.0. The van der Waals surface area contributed by atoms with E-state index in [2.05, 4.69) is 4.98 Å². The second-order valence-electron chi connectivity index (χ2n) is 5.39. The molecular formula is C12H18N2O5.